The number of rotatable bonds is 21. The first-order chi connectivity index (χ1) is 13.2. The number of hydrogen-bond acceptors (Lipinski definition) is 0. The molecule has 0 fully saturated rings. The van der Waals surface area contributed by atoms with Crippen LogP contribution in [-0.4, -0.2) is 8.07 Å². The van der Waals surface area contributed by atoms with E-state index in [1.54, 1.807) is 12.1 Å². The van der Waals surface area contributed by atoms with Crippen molar-refractivity contribution in [3.63, 3.8) is 0 Å². The Morgan fingerprint density at radius 1 is 0.481 bits per heavy atom. The third-order valence-electron chi connectivity index (χ3n) is 6.56. The van der Waals surface area contributed by atoms with Crippen molar-refractivity contribution in [3.05, 3.63) is 12.2 Å². The molecule has 0 nitrogen and oxygen atoms in total. The van der Waals surface area contributed by atoms with Crippen molar-refractivity contribution in [1.29, 1.82) is 0 Å². The zero-order valence-electron chi connectivity index (χ0n) is 19.8. The van der Waals surface area contributed by atoms with Crippen LogP contribution in [0.1, 0.15) is 130 Å². The predicted molar refractivity (Wildman–Crippen MR) is 131 cm³/mol. The second-order valence-corrected chi connectivity index (χ2v) is 14.2. The summed E-state index contributed by atoms with van der Waals surface area (Å²) in [5, 5.41) is 0. The van der Waals surface area contributed by atoms with Crippen molar-refractivity contribution in [2.75, 3.05) is 0 Å². The van der Waals surface area contributed by atoms with E-state index in [0.29, 0.717) is 0 Å². The van der Waals surface area contributed by atoms with Gasteiger partial charge in [0, 0.05) is 0 Å². The first kappa shape index (κ1) is 27.0. The van der Waals surface area contributed by atoms with Crippen LogP contribution < -0.4 is 0 Å². The largest absolute Gasteiger partial charge is 0.0912 e. The van der Waals surface area contributed by atoms with E-state index >= 15 is 0 Å². The fraction of sp³-hybridized carbons (Fsp3) is 0.923. The fourth-order valence-corrected chi connectivity index (χ4v) is 8.67. The quantitative estimate of drug-likeness (QED) is 0.103. The van der Waals surface area contributed by atoms with Gasteiger partial charge in [-0.3, -0.25) is 0 Å². The Balaban J connectivity index is 4.35. The third-order valence-corrected chi connectivity index (χ3v) is 12.0. The second kappa shape index (κ2) is 20.7. The van der Waals surface area contributed by atoms with Gasteiger partial charge in [0.2, 0.25) is 0 Å². The van der Waals surface area contributed by atoms with E-state index in [0.717, 1.165) is 0 Å². The van der Waals surface area contributed by atoms with Gasteiger partial charge in [-0.15, -0.1) is 0 Å². The van der Waals surface area contributed by atoms with E-state index in [1.807, 2.05) is 0 Å². The van der Waals surface area contributed by atoms with Crippen molar-refractivity contribution < 1.29 is 0 Å². The molecule has 0 aromatic rings. The molecule has 0 aromatic carbocycles. The number of allylic oxidation sites excluding steroid dienone is 2. The van der Waals surface area contributed by atoms with Gasteiger partial charge < -0.3 is 0 Å². The normalized spacial score (nSPS) is 12.3. The maximum absolute atomic E-state index is 2.61. The highest BCUT2D eigenvalue weighted by Crippen LogP contribution is 2.31. The van der Waals surface area contributed by atoms with Crippen molar-refractivity contribution in [3.8, 4) is 0 Å². The summed E-state index contributed by atoms with van der Waals surface area (Å²) in [5.74, 6) is 0. The summed E-state index contributed by atoms with van der Waals surface area (Å²) < 4.78 is 0. The molecule has 0 spiro atoms. The molecule has 0 rings (SSSR count). The van der Waals surface area contributed by atoms with E-state index < -0.39 is 8.07 Å². The van der Waals surface area contributed by atoms with E-state index in [-0.39, 0.29) is 0 Å². The van der Waals surface area contributed by atoms with E-state index in [2.05, 4.69) is 39.8 Å². The molecule has 1 heteroatoms. The Morgan fingerprint density at radius 3 is 1.41 bits per heavy atom. The van der Waals surface area contributed by atoms with Crippen molar-refractivity contribution >= 4 is 8.07 Å². The average molecular weight is 395 g/mol. The van der Waals surface area contributed by atoms with E-state index in [9.17, 15) is 0 Å². The van der Waals surface area contributed by atoms with E-state index in [4.69, 9.17) is 0 Å². The van der Waals surface area contributed by atoms with Crippen LogP contribution in [0.3, 0.4) is 0 Å². The second-order valence-electron chi connectivity index (χ2n) is 9.06. The Kier molecular flexibility index (Phi) is 20.7. The van der Waals surface area contributed by atoms with Gasteiger partial charge in [0.05, 0.1) is 8.07 Å². The minimum absolute atomic E-state index is 1.06. The topological polar surface area (TPSA) is 0 Å². The Labute approximate surface area is 175 Å². The van der Waals surface area contributed by atoms with Gasteiger partial charge in [-0.05, 0) is 18.9 Å². The zero-order chi connectivity index (χ0) is 20.1. The Hall–Kier alpha value is -0.0431. The summed E-state index contributed by atoms with van der Waals surface area (Å²) in [5.41, 5.74) is 0. The Morgan fingerprint density at radius 2 is 0.926 bits per heavy atom. The minimum Gasteiger partial charge on any atom is -0.0912 e. The first-order valence-corrected chi connectivity index (χ1v) is 15.7. The fourth-order valence-electron chi connectivity index (χ4n) is 4.35. The third kappa shape index (κ3) is 16.6. The summed E-state index contributed by atoms with van der Waals surface area (Å²) >= 11 is 0. The summed E-state index contributed by atoms with van der Waals surface area (Å²) in [6.07, 6.45) is 28.1. The molecule has 0 aliphatic heterocycles. The minimum atomic E-state index is -1.06. The van der Waals surface area contributed by atoms with Crippen LogP contribution in [0.4, 0.5) is 0 Å². The van der Waals surface area contributed by atoms with Gasteiger partial charge in [-0.25, -0.2) is 0 Å². The highest BCUT2D eigenvalue weighted by molar-refractivity contribution is 6.80. The van der Waals surface area contributed by atoms with Gasteiger partial charge in [0.1, 0.15) is 0 Å². The van der Waals surface area contributed by atoms with Crippen LogP contribution >= 0.6 is 0 Å². The van der Waals surface area contributed by atoms with E-state index in [1.165, 1.54) is 115 Å². The maximum atomic E-state index is 2.61. The lowest BCUT2D eigenvalue weighted by molar-refractivity contribution is 0.613. The van der Waals surface area contributed by atoms with Gasteiger partial charge >= 0.3 is 0 Å². The van der Waals surface area contributed by atoms with Crippen LogP contribution in [-0.2, 0) is 0 Å². The van der Waals surface area contributed by atoms with Crippen LogP contribution in [0.5, 0.6) is 0 Å². The lowest BCUT2D eigenvalue weighted by atomic mass is 10.1. The summed E-state index contributed by atoms with van der Waals surface area (Å²) in [6.45, 7) is 9.47. The van der Waals surface area contributed by atoms with Crippen LogP contribution in [0, 0.1) is 0 Å². The molecule has 0 aliphatic rings. The van der Waals surface area contributed by atoms with Crippen LogP contribution in [0.15, 0.2) is 12.2 Å². The van der Waals surface area contributed by atoms with Gasteiger partial charge in [0.25, 0.3) is 0 Å². The average Bonchev–Trinajstić information content (AvgIpc) is 2.69. The standard InChI is InChI=1S/C26H54Si/c1-5-9-12-15-18-21-24-27(8-4,25-22-19-16-13-10-6-2)26-23-20-17-14-11-7-3/h18,21H,5-17,19-20,22-26H2,1-4H3. The molecule has 27 heavy (non-hydrogen) atoms. The molecule has 0 aliphatic carbocycles. The summed E-state index contributed by atoms with van der Waals surface area (Å²) in [4.78, 5) is 0. The predicted octanol–water partition coefficient (Wildman–Crippen LogP) is 10.3. The molecule has 0 atom stereocenters. The van der Waals surface area contributed by atoms with Crippen molar-refractivity contribution in [2.24, 2.45) is 0 Å². The molecule has 162 valence electrons. The SMILES string of the molecule is CCCCCC=CC[Si](CC)(CCCCCCCC)CCCCCCCC. The molecule has 0 saturated carbocycles. The van der Waals surface area contributed by atoms with Crippen molar-refractivity contribution in [2.45, 2.75) is 155 Å². The van der Waals surface area contributed by atoms with Crippen molar-refractivity contribution in [1.82, 2.24) is 0 Å². The van der Waals surface area contributed by atoms with Gasteiger partial charge in [0.15, 0.2) is 0 Å². The summed E-state index contributed by atoms with van der Waals surface area (Å²) in [6, 6.07) is 6.18. The first-order valence-electron chi connectivity index (χ1n) is 12.9. The zero-order valence-corrected chi connectivity index (χ0v) is 20.8. The molecule has 0 radical (unpaired) electrons. The maximum Gasteiger partial charge on any atom is 0.0570 e. The molecule has 0 bridgehead atoms. The molecule has 0 N–H and O–H groups in total. The molecular weight excluding hydrogens is 340 g/mol. The highest BCUT2D eigenvalue weighted by atomic mass is 28.3. The molecule has 0 aromatic heterocycles. The smallest absolute Gasteiger partial charge is 0.0570 e. The monoisotopic (exact) mass is 394 g/mol. The summed E-state index contributed by atoms with van der Waals surface area (Å²) in [7, 11) is -1.06. The molecular formula is C26H54Si. The molecule has 0 amide bonds. The molecule has 0 unspecified atom stereocenters. The lowest BCUT2D eigenvalue weighted by Crippen LogP contribution is -2.32. The van der Waals surface area contributed by atoms with Crippen LogP contribution in [0.25, 0.3) is 0 Å². The van der Waals surface area contributed by atoms with Crippen LogP contribution in [0.2, 0.25) is 24.2 Å². The lowest BCUT2D eigenvalue weighted by Gasteiger charge is -2.30. The molecule has 0 saturated heterocycles. The number of unbranched alkanes of at least 4 members (excludes halogenated alkanes) is 13. The van der Waals surface area contributed by atoms with Gasteiger partial charge in [-0.2, -0.15) is 0 Å². The highest BCUT2D eigenvalue weighted by Gasteiger charge is 2.28. The van der Waals surface area contributed by atoms with Gasteiger partial charge in [-0.1, -0.05) is 148 Å². The molecule has 0 heterocycles. The Bertz CT molecular complexity index is 291. The number of hydrogen-bond donors (Lipinski definition) is 0.